The van der Waals surface area contributed by atoms with E-state index in [1.54, 1.807) is 11.3 Å². The summed E-state index contributed by atoms with van der Waals surface area (Å²) in [4.78, 5) is 5.48. The monoisotopic (exact) mass is 217 g/mol. The van der Waals surface area contributed by atoms with Gasteiger partial charge in [-0.15, -0.1) is 10.2 Å². The van der Waals surface area contributed by atoms with Gasteiger partial charge in [0.25, 0.3) is 0 Å². The molecule has 1 aromatic carbocycles. The van der Waals surface area contributed by atoms with Crippen molar-refractivity contribution in [3.63, 3.8) is 0 Å². The average Bonchev–Trinajstić information content (AvgIpc) is 2.57. The molecule has 0 aliphatic rings. The Hall–Kier alpha value is -1.55. The Balaban J connectivity index is 2.19. The van der Waals surface area contributed by atoms with Gasteiger partial charge in [-0.3, -0.25) is 0 Å². The zero-order valence-corrected chi connectivity index (χ0v) is 9.45. The maximum Gasteiger partial charge on any atom is 0.230 e. The van der Waals surface area contributed by atoms with Crippen molar-refractivity contribution < 1.29 is 0 Å². The van der Waals surface area contributed by atoms with Gasteiger partial charge >= 0.3 is 0 Å². The van der Waals surface area contributed by atoms with Gasteiger partial charge in [-0.1, -0.05) is 29.5 Å². The van der Waals surface area contributed by atoms with Crippen LogP contribution in [0.15, 0.2) is 40.6 Å². The molecule has 15 heavy (non-hydrogen) atoms. The van der Waals surface area contributed by atoms with Crippen LogP contribution in [0.5, 0.6) is 0 Å². The molecule has 0 atom stereocenters. The van der Waals surface area contributed by atoms with Crippen molar-refractivity contribution in [2.45, 2.75) is 13.8 Å². The first-order valence-corrected chi connectivity index (χ1v) is 5.48. The Kier molecular flexibility index (Phi) is 2.87. The second-order valence-electron chi connectivity index (χ2n) is 3.17. The highest BCUT2D eigenvalue weighted by molar-refractivity contribution is 7.15. The maximum absolute atomic E-state index is 4.28. The quantitative estimate of drug-likeness (QED) is 0.695. The predicted octanol–water partition coefficient (Wildman–Crippen LogP) is 4.18. The molecule has 0 saturated heterocycles. The number of nitrogens with zero attached hydrogens (tertiary/aromatic N) is 3. The third-order valence-electron chi connectivity index (χ3n) is 2.02. The largest absolute Gasteiger partial charge is 0.230 e. The van der Waals surface area contributed by atoms with Crippen molar-refractivity contribution >= 4 is 22.2 Å². The average molecular weight is 217 g/mol. The molecule has 0 aliphatic carbocycles. The predicted molar refractivity (Wildman–Crippen MR) is 62.2 cm³/mol. The molecular weight excluding hydrogens is 206 g/mol. The molecule has 3 nitrogen and oxygen atoms in total. The van der Waals surface area contributed by atoms with Crippen LogP contribution >= 0.6 is 11.3 Å². The summed E-state index contributed by atoms with van der Waals surface area (Å²) in [5.74, 6) is 0. The number of benzene rings is 1. The fourth-order valence-electron chi connectivity index (χ4n) is 1.09. The van der Waals surface area contributed by atoms with E-state index in [4.69, 9.17) is 0 Å². The van der Waals surface area contributed by atoms with Crippen LogP contribution in [-0.2, 0) is 0 Å². The first-order valence-electron chi connectivity index (χ1n) is 4.66. The number of thiazole rings is 1. The topological polar surface area (TPSA) is 37.6 Å². The highest BCUT2D eigenvalue weighted by atomic mass is 32.1. The van der Waals surface area contributed by atoms with Crippen LogP contribution in [0.1, 0.15) is 10.6 Å². The van der Waals surface area contributed by atoms with Gasteiger partial charge in [0.15, 0.2) is 0 Å². The molecule has 2 rings (SSSR count). The zero-order valence-electron chi connectivity index (χ0n) is 8.64. The van der Waals surface area contributed by atoms with E-state index in [-0.39, 0.29) is 0 Å². The summed E-state index contributed by atoms with van der Waals surface area (Å²) in [5.41, 5.74) is 1.88. The number of aryl methyl sites for hydroxylation is 2. The van der Waals surface area contributed by atoms with Crippen LogP contribution in [0.4, 0.5) is 10.8 Å². The molecule has 0 fully saturated rings. The molecule has 2 aromatic rings. The van der Waals surface area contributed by atoms with Crippen molar-refractivity contribution in [3.05, 3.63) is 40.9 Å². The van der Waals surface area contributed by atoms with Crippen LogP contribution in [0.25, 0.3) is 0 Å². The summed E-state index contributed by atoms with van der Waals surface area (Å²) in [6.45, 7) is 4.02. The van der Waals surface area contributed by atoms with E-state index < -0.39 is 0 Å². The molecular formula is C11H11N3S. The lowest BCUT2D eigenvalue weighted by Gasteiger charge is -1.87. The highest BCUT2D eigenvalue weighted by Crippen LogP contribution is 2.25. The van der Waals surface area contributed by atoms with Gasteiger partial charge in [0.05, 0.1) is 11.4 Å². The van der Waals surface area contributed by atoms with Gasteiger partial charge in [0.1, 0.15) is 0 Å². The molecule has 0 unspecified atom stereocenters. The normalized spacial score (nSPS) is 11.1. The lowest BCUT2D eigenvalue weighted by molar-refractivity contribution is 1.15. The first-order chi connectivity index (χ1) is 7.25. The Bertz CT molecular complexity index is 454. The van der Waals surface area contributed by atoms with Gasteiger partial charge in [-0.25, -0.2) is 4.98 Å². The smallest absolute Gasteiger partial charge is 0.222 e. The minimum absolute atomic E-state index is 0.717. The Morgan fingerprint density at radius 2 is 1.80 bits per heavy atom. The first kappa shape index (κ1) is 9.98. The number of rotatable bonds is 2. The molecule has 76 valence electrons. The standard InChI is InChI=1S/C11H11N3S/c1-8-9(2)15-11(12-8)14-13-10-6-4-3-5-7-10/h3-7H,1-2H3. The second kappa shape index (κ2) is 4.31. The minimum atomic E-state index is 0.717. The molecule has 1 aromatic heterocycles. The van der Waals surface area contributed by atoms with Crippen LogP contribution in [-0.4, -0.2) is 4.98 Å². The Morgan fingerprint density at radius 1 is 1.07 bits per heavy atom. The van der Waals surface area contributed by atoms with E-state index in [9.17, 15) is 0 Å². The minimum Gasteiger partial charge on any atom is -0.222 e. The molecule has 0 spiro atoms. The maximum atomic E-state index is 4.28. The number of hydrogen-bond acceptors (Lipinski definition) is 4. The van der Waals surface area contributed by atoms with E-state index >= 15 is 0 Å². The number of hydrogen-bond donors (Lipinski definition) is 0. The van der Waals surface area contributed by atoms with E-state index in [1.807, 2.05) is 44.2 Å². The summed E-state index contributed by atoms with van der Waals surface area (Å²) in [7, 11) is 0. The van der Waals surface area contributed by atoms with Crippen LogP contribution in [0.3, 0.4) is 0 Å². The lowest BCUT2D eigenvalue weighted by Crippen LogP contribution is -1.70. The van der Waals surface area contributed by atoms with Crippen molar-refractivity contribution in [3.8, 4) is 0 Å². The van der Waals surface area contributed by atoms with Crippen LogP contribution in [0.2, 0.25) is 0 Å². The third kappa shape index (κ3) is 2.47. The van der Waals surface area contributed by atoms with Crippen LogP contribution < -0.4 is 0 Å². The molecule has 4 heteroatoms. The van der Waals surface area contributed by atoms with E-state index in [0.29, 0.717) is 5.13 Å². The molecule has 0 bridgehead atoms. The second-order valence-corrected chi connectivity index (χ2v) is 4.36. The third-order valence-corrected chi connectivity index (χ3v) is 2.98. The van der Waals surface area contributed by atoms with E-state index in [0.717, 1.165) is 11.4 Å². The Labute approximate surface area is 92.5 Å². The Morgan fingerprint density at radius 3 is 2.40 bits per heavy atom. The number of azo groups is 1. The van der Waals surface area contributed by atoms with Crippen molar-refractivity contribution in [2.24, 2.45) is 10.2 Å². The van der Waals surface area contributed by atoms with Crippen molar-refractivity contribution in [1.82, 2.24) is 4.98 Å². The van der Waals surface area contributed by atoms with E-state index in [1.165, 1.54) is 4.88 Å². The molecule has 1 heterocycles. The lowest BCUT2D eigenvalue weighted by atomic mass is 10.3. The summed E-state index contributed by atoms with van der Waals surface area (Å²) < 4.78 is 0. The van der Waals surface area contributed by atoms with Gasteiger partial charge in [-0.05, 0) is 26.0 Å². The van der Waals surface area contributed by atoms with Gasteiger partial charge < -0.3 is 0 Å². The number of aromatic nitrogens is 1. The van der Waals surface area contributed by atoms with Crippen molar-refractivity contribution in [1.29, 1.82) is 0 Å². The summed E-state index contributed by atoms with van der Waals surface area (Å²) in [6.07, 6.45) is 0. The van der Waals surface area contributed by atoms with Gasteiger partial charge in [0, 0.05) is 4.88 Å². The van der Waals surface area contributed by atoms with Crippen molar-refractivity contribution in [2.75, 3.05) is 0 Å². The molecule has 0 saturated carbocycles. The molecule has 0 aliphatic heterocycles. The molecule has 0 amide bonds. The summed E-state index contributed by atoms with van der Waals surface area (Å²) in [6, 6.07) is 9.66. The summed E-state index contributed by atoms with van der Waals surface area (Å²) >= 11 is 1.56. The zero-order chi connectivity index (χ0) is 10.7. The fourth-order valence-corrected chi connectivity index (χ4v) is 1.83. The van der Waals surface area contributed by atoms with Crippen LogP contribution in [0, 0.1) is 13.8 Å². The van der Waals surface area contributed by atoms with E-state index in [2.05, 4.69) is 15.2 Å². The summed E-state index contributed by atoms with van der Waals surface area (Å²) in [5, 5.41) is 8.91. The fraction of sp³-hybridized carbons (Fsp3) is 0.182. The molecule has 0 N–H and O–H groups in total. The van der Waals surface area contributed by atoms with Gasteiger partial charge in [0.2, 0.25) is 5.13 Å². The molecule has 0 radical (unpaired) electrons. The van der Waals surface area contributed by atoms with Gasteiger partial charge in [-0.2, -0.15) is 0 Å². The SMILES string of the molecule is Cc1nc(N=Nc2ccccc2)sc1C. The highest BCUT2D eigenvalue weighted by Gasteiger charge is 2.01.